The Morgan fingerprint density at radius 1 is 1.40 bits per heavy atom. The van der Waals surface area contributed by atoms with Gasteiger partial charge in [-0.25, -0.2) is 10.1 Å². The number of anilines is 1. The van der Waals surface area contributed by atoms with Crippen molar-refractivity contribution in [1.29, 1.82) is 0 Å². The lowest BCUT2D eigenvalue weighted by molar-refractivity contribution is 0.0946. The first-order valence-electron chi connectivity index (χ1n) is 5.08. The molecule has 0 unspecified atom stereocenters. The number of nitrogen functional groups attached to an aromatic ring is 1. The summed E-state index contributed by atoms with van der Waals surface area (Å²) in [5.41, 5.74) is 8.09. The molecule has 1 heterocycles. The van der Waals surface area contributed by atoms with Crippen LogP contribution in [0.2, 0.25) is 0 Å². The maximum absolute atomic E-state index is 11.6. The van der Waals surface area contributed by atoms with Crippen molar-refractivity contribution in [2.24, 2.45) is 5.10 Å². The number of aromatic nitrogens is 2. The summed E-state index contributed by atoms with van der Waals surface area (Å²) < 4.78 is 5.28. The molecule has 0 saturated heterocycles. The standard InChI is InChI=1S/C10H7Br2N5O3/c11-5-1-4(2-6(12)8(5)18)3-14-15-10(19)7-9(13)17-20-16-7/h1-3,18H,(H2,13,17)(H,15,19)/b14-3-. The largest absolute Gasteiger partial charge is 0.506 e. The predicted octanol–water partition coefficient (Wildman–Crippen LogP) is 1.65. The number of carbonyl (C=O) groups is 1. The zero-order valence-electron chi connectivity index (χ0n) is 9.67. The number of benzene rings is 1. The third kappa shape index (κ3) is 3.14. The number of nitrogens with one attached hydrogen (secondary N) is 1. The SMILES string of the molecule is Nc1nonc1C(=O)N/N=C\c1cc(Br)c(O)c(Br)c1. The molecule has 8 nitrogen and oxygen atoms in total. The molecule has 20 heavy (non-hydrogen) atoms. The van der Waals surface area contributed by atoms with Crippen LogP contribution in [0, 0.1) is 0 Å². The molecule has 1 aromatic heterocycles. The Morgan fingerprint density at radius 2 is 2.05 bits per heavy atom. The second-order valence-corrected chi connectivity index (χ2v) is 5.24. The number of phenolic OH excluding ortho intramolecular Hbond substituents is 1. The van der Waals surface area contributed by atoms with Crippen LogP contribution in [0.5, 0.6) is 5.75 Å². The summed E-state index contributed by atoms with van der Waals surface area (Å²) in [5, 5.41) is 19.9. The molecule has 0 bridgehead atoms. The van der Waals surface area contributed by atoms with Crippen LogP contribution in [-0.2, 0) is 0 Å². The topological polar surface area (TPSA) is 127 Å². The van der Waals surface area contributed by atoms with E-state index in [2.05, 4.69) is 57.3 Å². The Balaban J connectivity index is 2.08. The summed E-state index contributed by atoms with van der Waals surface area (Å²) in [6.07, 6.45) is 1.39. The number of halogens is 2. The average molecular weight is 405 g/mol. The van der Waals surface area contributed by atoms with Gasteiger partial charge in [-0.1, -0.05) is 0 Å². The fraction of sp³-hybridized carbons (Fsp3) is 0. The molecule has 0 aliphatic rings. The summed E-state index contributed by atoms with van der Waals surface area (Å²) in [6.45, 7) is 0. The third-order valence-corrected chi connectivity index (χ3v) is 3.36. The fourth-order valence-electron chi connectivity index (χ4n) is 1.23. The molecule has 0 radical (unpaired) electrons. The predicted molar refractivity (Wildman–Crippen MR) is 77.3 cm³/mol. The summed E-state index contributed by atoms with van der Waals surface area (Å²) in [6, 6.07) is 3.25. The van der Waals surface area contributed by atoms with Crippen LogP contribution in [0.15, 0.2) is 30.8 Å². The first-order chi connectivity index (χ1) is 9.49. The minimum Gasteiger partial charge on any atom is -0.506 e. The van der Waals surface area contributed by atoms with Crippen LogP contribution in [0.1, 0.15) is 16.1 Å². The number of rotatable bonds is 3. The van der Waals surface area contributed by atoms with Gasteiger partial charge in [0.25, 0.3) is 5.91 Å². The first kappa shape index (κ1) is 14.5. The smallest absolute Gasteiger partial charge is 0.297 e. The maximum atomic E-state index is 11.6. The summed E-state index contributed by atoms with van der Waals surface area (Å²) in [4.78, 5) is 11.6. The normalized spacial score (nSPS) is 10.9. The second-order valence-electron chi connectivity index (χ2n) is 3.53. The third-order valence-electron chi connectivity index (χ3n) is 2.15. The molecule has 0 atom stereocenters. The zero-order valence-corrected chi connectivity index (χ0v) is 12.8. The van der Waals surface area contributed by atoms with E-state index < -0.39 is 5.91 Å². The Kier molecular flexibility index (Phi) is 4.35. The monoisotopic (exact) mass is 403 g/mol. The van der Waals surface area contributed by atoms with Crippen molar-refractivity contribution in [3.05, 3.63) is 32.3 Å². The number of phenols is 1. The molecule has 4 N–H and O–H groups in total. The van der Waals surface area contributed by atoms with E-state index in [1.807, 2.05) is 0 Å². The van der Waals surface area contributed by atoms with Crippen molar-refractivity contribution in [2.75, 3.05) is 5.73 Å². The van der Waals surface area contributed by atoms with Crippen LogP contribution >= 0.6 is 31.9 Å². The highest BCUT2D eigenvalue weighted by Crippen LogP contribution is 2.32. The minimum absolute atomic E-state index is 0.0765. The Labute approximate surface area is 129 Å². The van der Waals surface area contributed by atoms with Gasteiger partial charge in [-0.15, -0.1) is 0 Å². The summed E-state index contributed by atoms with van der Waals surface area (Å²) in [7, 11) is 0. The Bertz CT molecular complexity index is 662. The highest BCUT2D eigenvalue weighted by Gasteiger charge is 2.14. The van der Waals surface area contributed by atoms with Gasteiger partial charge in [0, 0.05) is 0 Å². The number of aromatic hydroxyl groups is 1. The highest BCUT2D eigenvalue weighted by molar-refractivity contribution is 9.11. The molecule has 0 saturated carbocycles. The van der Waals surface area contributed by atoms with E-state index in [1.165, 1.54) is 6.21 Å². The van der Waals surface area contributed by atoms with Crippen molar-refractivity contribution in [3.8, 4) is 5.75 Å². The van der Waals surface area contributed by atoms with E-state index in [4.69, 9.17) is 5.73 Å². The quantitative estimate of drug-likeness (QED) is 0.527. The number of hydrogen-bond acceptors (Lipinski definition) is 7. The van der Waals surface area contributed by atoms with Crippen LogP contribution in [0.25, 0.3) is 0 Å². The Hall–Kier alpha value is -1.94. The minimum atomic E-state index is -0.642. The van der Waals surface area contributed by atoms with Crippen molar-refractivity contribution >= 4 is 49.8 Å². The van der Waals surface area contributed by atoms with Crippen LogP contribution in [0.3, 0.4) is 0 Å². The maximum Gasteiger partial charge on any atom is 0.297 e. The van der Waals surface area contributed by atoms with E-state index in [-0.39, 0.29) is 17.3 Å². The van der Waals surface area contributed by atoms with Crippen LogP contribution in [-0.4, -0.2) is 27.5 Å². The molecule has 0 aliphatic carbocycles. The highest BCUT2D eigenvalue weighted by atomic mass is 79.9. The number of hydrazone groups is 1. The lowest BCUT2D eigenvalue weighted by atomic mass is 10.2. The molecule has 0 fully saturated rings. The van der Waals surface area contributed by atoms with Gasteiger partial charge in [0.05, 0.1) is 15.2 Å². The lowest BCUT2D eigenvalue weighted by Crippen LogP contribution is -2.19. The van der Waals surface area contributed by atoms with Gasteiger partial charge in [0.15, 0.2) is 0 Å². The average Bonchev–Trinajstić information content (AvgIpc) is 2.82. The van der Waals surface area contributed by atoms with Gasteiger partial charge in [0.2, 0.25) is 11.5 Å². The molecule has 0 spiro atoms. The van der Waals surface area contributed by atoms with Gasteiger partial charge >= 0.3 is 0 Å². The van der Waals surface area contributed by atoms with Gasteiger partial charge in [0.1, 0.15) is 5.75 Å². The first-order valence-corrected chi connectivity index (χ1v) is 6.67. The van der Waals surface area contributed by atoms with Gasteiger partial charge in [-0.2, -0.15) is 5.10 Å². The van der Waals surface area contributed by atoms with E-state index >= 15 is 0 Å². The molecule has 2 aromatic rings. The molecule has 1 amide bonds. The zero-order chi connectivity index (χ0) is 14.7. The van der Waals surface area contributed by atoms with Gasteiger partial charge in [-0.05, 0) is 59.9 Å². The van der Waals surface area contributed by atoms with Crippen molar-refractivity contribution in [2.45, 2.75) is 0 Å². The number of hydrogen-bond donors (Lipinski definition) is 3. The number of carbonyl (C=O) groups excluding carboxylic acids is 1. The van der Waals surface area contributed by atoms with E-state index in [1.54, 1.807) is 12.1 Å². The summed E-state index contributed by atoms with van der Waals surface area (Å²) >= 11 is 6.37. The molecular formula is C10H7Br2N5O3. The second kappa shape index (κ2) is 6.01. The van der Waals surface area contributed by atoms with Crippen molar-refractivity contribution in [3.63, 3.8) is 0 Å². The van der Waals surface area contributed by atoms with Gasteiger partial charge in [-0.3, -0.25) is 4.79 Å². The number of nitrogens with zero attached hydrogens (tertiary/aromatic N) is 3. The van der Waals surface area contributed by atoms with Crippen molar-refractivity contribution < 1.29 is 14.5 Å². The van der Waals surface area contributed by atoms with Crippen LogP contribution in [0.4, 0.5) is 5.82 Å². The summed E-state index contributed by atoms with van der Waals surface area (Å²) in [5.74, 6) is -0.683. The molecule has 10 heteroatoms. The van der Waals surface area contributed by atoms with E-state index in [9.17, 15) is 9.90 Å². The Morgan fingerprint density at radius 3 is 2.60 bits per heavy atom. The molecule has 104 valence electrons. The molecule has 2 rings (SSSR count). The number of amides is 1. The lowest BCUT2D eigenvalue weighted by Gasteiger charge is -2.01. The molecule has 1 aromatic carbocycles. The van der Waals surface area contributed by atoms with E-state index in [0.717, 1.165) is 0 Å². The van der Waals surface area contributed by atoms with E-state index in [0.29, 0.717) is 14.5 Å². The fourth-order valence-corrected chi connectivity index (χ4v) is 2.45. The molecule has 0 aliphatic heterocycles. The van der Waals surface area contributed by atoms with Crippen LogP contribution < -0.4 is 11.2 Å². The molecular weight excluding hydrogens is 398 g/mol. The van der Waals surface area contributed by atoms with Crippen molar-refractivity contribution in [1.82, 2.24) is 15.7 Å². The number of nitrogens with two attached hydrogens (primary N) is 1. The van der Waals surface area contributed by atoms with Gasteiger partial charge < -0.3 is 10.8 Å².